The summed E-state index contributed by atoms with van der Waals surface area (Å²) in [4.78, 5) is 9.71. The molecule has 16 heavy (non-hydrogen) atoms. The third-order valence-electron chi connectivity index (χ3n) is 3.05. The lowest BCUT2D eigenvalue weighted by atomic mass is 9.93. The van der Waals surface area contributed by atoms with Crippen LogP contribution in [0, 0.1) is 5.95 Å². The van der Waals surface area contributed by atoms with Gasteiger partial charge in [0.2, 0.25) is 5.95 Å². The third-order valence-corrected chi connectivity index (χ3v) is 3.05. The Bertz CT molecular complexity index is 338. The monoisotopic (exact) mass is 227 g/mol. The van der Waals surface area contributed by atoms with Gasteiger partial charge in [-0.05, 0) is 25.9 Å². The quantitative estimate of drug-likeness (QED) is 0.788. The van der Waals surface area contributed by atoms with E-state index >= 15 is 0 Å². The summed E-state index contributed by atoms with van der Waals surface area (Å²) in [5, 5.41) is 0. The molecule has 1 aromatic heterocycles. The highest BCUT2D eigenvalue weighted by molar-refractivity contribution is 5.07. The van der Waals surface area contributed by atoms with Gasteiger partial charge in [0.1, 0.15) is 6.67 Å². The Labute approximate surface area is 93.5 Å². The highest BCUT2D eigenvalue weighted by Crippen LogP contribution is 2.27. The van der Waals surface area contributed by atoms with Gasteiger partial charge in [-0.15, -0.1) is 0 Å². The standard InChI is InChI=1S/C11H15F2N3/c12-3-8-16-6-1-9(2-7-16)10-11(13)15-5-4-14-10/h4-5,9H,1-3,6-8H2. The minimum absolute atomic E-state index is 0.129. The van der Waals surface area contributed by atoms with Crippen LogP contribution in [0.15, 0.2) is 12.4 Å². The van der Waals surface area contributed by atoms with Crippen molar-refractivity contribution in [2.45, 2.75) is 18.8 Å². The van der Waals surface area contributed by atoms with Gasteiger partial charge in [-0.2, -0.15) is 4.39 Å². The fourth-order valence-electron chi connectivity index (χ4n) is 2.16. The van der Waals surface area contributed by atoms with E-state index < -0.39 is 5.95 Å². The van der Waals surface area contributed by atoms with Gasteiger partial charge in [-0.3, -0.25) is 4.98 Å². The maximum absolute atomic E-state index is 13.4. The molecule has 0 N–H and O–H groups in total. The van der Waals surface area contributed by atoms with E-state index in [0.717, 1.165) is 25.9 Å². The second kappa shape index (κ2) is 5.30. The van der Waals surface area contributed by atoms with Crippen LogP contribution in [0.4, 0.5) is 8.78 Å². The van der Waals surface area contributed by atoms with Crippen molar-refractivity contribution in [2.24, 2.45) is 0 Å². The molecule has 1 aliphatic rings. The molecule has 5 heteroatoms. The lowest BCUT2D eigenvalue weighted by Crippen LogP contribution is -2.34. The largest absolute Gasteiger partial charge is 0.301 e. The first-order valence-electron chi connectivity index (χ1n) is 5.56. The van der Waals surface area contributed by atoms with Crippen molar-refractivity contribution in [1.29, 1.82) is 0 Å². The first-order chi connectivity index (χ1) is 7.81. The molecule has 1 aromatic rings. The number of hydrogen-bond donors (Lipinski definition) is 0. The predicted octanol–water partition coefficient (Wildman–Crippen LogP) is 1.76. The molecule has 0 atom stereocenters. The van der Waals surface area contributed by atoms with Gasteiger partial charge in [0.25, 0.3) is 0 Å². The van der Waals surface area contributed by atoms with Crippen LogP contribution in [0.5, 0.6) is 0 Å². The third kappa shape index (κ3) is 2.52. The van der Waals surface area contributed by atoms with Crippen molar-refractivity contribution in [1.82, 2.24) is 14.9 Å². The van der Waals surface area contributed by atoms with Crippen LogP contribution in [0.2, 0.25) is 0 Å². The molecular weight excluding hydrogens is 212 g/mol. The number of aromatic nitrogens is 2. The zero-order chi connectivity index (χ0) is 11.4. The van der Waals surface area contributed by atoms with E-state index in [4.69, 9.17) is 0 Å². The van der Waals surface area contributed by atoms with Gasteiger partial charge in [0.15, 0.2) is 0 Å². The molecule has 2 rings (SSSR count). The number of alkyl halides is 1. The van der Waals surface area contributed by atoms with E-state index in [9.17, 15) is 8.78 Å². The molecule has 0 saturated carbocycles. The fourth-order valence-corrected chi connectivity index (χ4v) is 2.16. The average Bonchev–Trinajstić information content (AvgIpc) is 2.31. The number of rotatable bonds is 3. The van der Waals surface area contributed by atoms with Crippen LogP contribution < -0.4 is 0 Å². The highest BCUT2D eigenvalue weighted by Gasteiger charge is 2.23. The summed E-state index contributed by atoms with van der Waals surface area (Å²) in [7, 11) is 0. The average molecular weight is 227 g/mol. The Morgan fingerprint density at radius 2 is 1.94 bits per heavy atom. The van der Waals surface area contributed by atoms with Crippen molar-refractivity contribution in [3.63, 3.8) is 0 Å². The van der Waals surface area contributed by atoms with Gasteiger partial charge in [0, 0.05) is 24.9 Å². The van der Waals surface area contributed by atoms with Crippen LogP contribution in [0.1, 0.15) is 24.5 Å². The zero-order valence-corrected chi connectivity index (χ0v) is 9.07. The molecule has 0 unspecified atom stereocenters. The van der Waals surface area contributed by atoms with E-state index in [0.29, 0.717) is 12.2 Å². The van der Waals surface area contributed by atoms with Crippen LogP contribution in [-0.4, -0.2) is 41.2 Å². The molecule has 88 valence electrons. The van der Waals surface area contributed by atoms with Gasteiger partial charge in [0.05, 0.1) is 5.69 Å². The number of likely N-dealkylation sites (tertiary alicyclic amines) is 1. The van der Waals surface area contributed by atoms with E-state index in [-0.39, 0.29) is 12.6 Å². The molecular formula is C11H15F2N3. The van der Waals surface area contributed by atoms with Crippen molar-refractivity contribution in [3.05, 3.63) is 24.0 Å². The minimum Gasteiger partial charge on any atom is -0.301 e. The molecule has 0 aromatic carbocycles. The second-order valence-corrected chi connectivity index (χ2v) is 4.04. The second-order valence-electron chi connectivity index (χ2n) is 4.04. The summed E-state index contributed by atoms with van der Waals surface area (Å²) >= 11 is 0. The Balaban J connectivity index is 1.96. The minimum atomic E-state index is -0.466. The summed E-state index contributed by atoms with van der Waals surface area (Å²) in [6, 6.07) is 0. The van der Waals surface area contributed by atoms with E-state index in [1.165, 1.54) is 12.4 Å². The molecule has 0 spiro atoms. The van der Waals surface area contributed by atoms with Crippen LogP contribution >= 0.6 is 0 Å². The molecule has 1 saturated heterocycles. The van der Waals surface area contributed by atoms with E-state index in [1.807, 2.05) is 0 Å². The Hall–Kier alpha value is -1.10. The summed E-state index contributed by atoms with van der Waals surface area (Å²) < 4.78 is 25.5. The lowest BCUT2D eigenvalue weighted by molar-refractivity contribution is 0.194. The number of piperidine rings is 1. The number of halogens is 2. The van der Waals surface area contributed by atoms with Crippen molar-refractivity contribution >= 4 is 0 Å². The summed E-state index contributed by atoms with van der Waals surface area (Å²) in [5.74, 6) is -0.337. The molecule has 1 fully saturated rings. The van der Waals surface area contributed by atoms with E-state index in [2.05, 4.69) is 14.9 Å². The molecule has 0 bridgehead atoms. The Kier molecular flexibility index (Phi) is 3.77. The molecule has 1 aliphatic heterocycles. The molecule has 0 amide bonds. The molecule has 2 heterocycles. The summed E-state index contributed by atoms with van der Waals surface area (Å²) in [5.41, 5.74) is 0.461. The van der Waals surface area contributed by atoms with Crippen LogP contribution in [0.3, 0.4) is 0 Å². The van der Waals surface area contributed by atoms with Crippen molar-refractivity contribution in [2.75, 3.05) is 26.3 Å². The van der Waals surface area contributed by atoms with Crippen LogP contribution in [0.25, 0.3) is 0 Å². The number of nitrogens with zero attached hydrogens (tertiary/aromatic N) is 3. The maximum Gasteiger partial charge on any atom is 0.234 e. The number of hydrogen-bond acceptors (Lipinski definition) is 3. The summed E-state index contributed by atoms with van der Waals surface area (Å²) in [6.45, 7) is 1.79. The van der Waals surface area contributed by atoms with Crippen LogP contribution in [-0.2, 0) is 0 Å². The Morgan fingerprint density at radius 3 is 2.56 bits per heavy atom. The van der Waals surface area contributed by atoms with Gasteiger partial charge in [-0.25, -0.2) is 9.37 Å². The van der Waals surface area contributed by atoms with Crippen molar-refractivity contribution < 1.29 is 8.78 Å². The first kappa shape index (κ1) is 11.4. The highest BCUT2D eigenvalue weighted by atomic mass is 19.1. The topological polar surface area (TPSA) is 29.0 Å². The molecule has 0 aliphatic carbocycles. The molecule has 0 radical (unpaired) electrons. The summed E-state index contributed by atoms with van der Waals surface area (Å²) in [6.07, 6.45) is 4.54. The molecule has 3 nitrogen and oxygen atoms in total. The SMILES string of the molecule is FCCN1CCC(c2nccnc2F)CC1. The van der Waals surface area contributed by atoms with E-state index in [1.54, 1.807) is 0 Å². The normalized spacial score (nSPS) is 18.9. The zero-order valence-electron chi connectivity index (χ0n) is 9.07. The maximum atomic E-state index is 13.4. The van der Waals surface area contributed by atoms with Gasteiger partial charge < -0.3 is 4.90 Å². The smallest absolute Gasteiger partial charge is 0.234 e. The lowest BCUT2D eigenvalue weighted by Gasteiger charge is -2.30. The Morgan fingerprint density at radius 1 is 1.25 bits per heavy atom. The van der Waals surface area contributed by atoms with Gasteiger partial charge >= 0.3 is 0 Å². The van der Waals surface area contributed by atoms with Crippen molar-refractivity contribution in [3.8, 4) is 0 Å². The fraction of sp³-hybridized carbons (Fsp3) is 0.636. The first-order valence-corrected chi connectivity index (χ1v) is 5.56. The predicted molar refractivity (Wildman–Crippen MR) is 56.4 cm³/mol. The van der Waals surface area contributed by atoms with Gasteiger partial charge in [-0.1, -0.05) is 0 Å².